The molecule has 0 spiro atoms. The molecule has 2 aromatic heterocycles. The summed E-state index contributed by atoms with van der Waals surface area (Å²) in [5, 5.41) is 8.08. The van der Waals surface area contributed by atoms with E-state index in [4.69, 9.17) is 39.5 Å². The Hall–Kier alpha value is -2.51. The fourth-order valence-corrected chi connectivity index (χ4v) is 3.87. The molecule has 3 aromatic rings. The van der Waals surface area contributed by atoms with E-state index < -0.39 is 15.1 Å². The van der Waals surface area contributed by atoms with Crippen LogP contribution in [0.5, 0.6) is 5.75 Å². The summed E-state index contributed by atoms with van der Waals surface area (Å²) in [5.41, 5.74) is -0.0857. The van der Waals surface area contributed by atoms with Crippen LogP contribution >= 0.6 is 34.8 Å². The van der Waals surface area contributed by atoms with Crippen LogP contribution in [0.2, 0.25) is 15.5 Å². The van der Waals surface area contributed by atoms with E-state index in [0.717, 1.165) is 0 Å². The molecule has 0 aliphatic heterocycles. The number of nitrogens with zero attached hydrogens (tertiary/aromatic N) is 5. The number of sulfone groups is 1. The lowest BCUT2D eigenvalue weighted by atomic mass is 10.3. The Labute approximate surface area is 182 Å². The first-order valence-corrected chi connectivity index (χ1v) is 10.3. The van der Waals surface area contributed by atoms with Crippen LogP contribution in [0.4, 0.5) is 0 Å². The quantitative estimate of drug-likeness (QED) is 0.559. The van der Waals surface area contributed by atoms with Gasteiger partial charge in [0.05, 0.1) is 18.1 Å². The standard InChI is InChI=1S/C13H10ClN3O3S.C4H2Cl2N2/c1-20-9-2-4-10(5-3-9)21(18,19)11(8-15)12-13(14)17-7-6-16-12;5-3-4(6)8-2-1-7-3/h2-7,11H,1H3;1-2H. The van der Waals surface area contributed by atoms with Crippen LogP contribution in [0.15, 0.2) is 53.9 Å². The normalized spacial score (nSPS) is 11.6. The van der Waals surface area contributed by atoms with Crippen molar-refractivity contribution in [2.75, 3.05) is 7.11 Å². The number of benzene rings is 1. The third-order valence-corrected chi connectivity index (χ3v) is 6.18. The number of hydrogen-bond acceptors (Lipinski definition) is 8. The van der Waals surface area contributed by atoms with E-state index in [0.29, 0.717) is 5.75 Å². The number of halogens is 3. The highest BCUT2D eigenvalue weighted by atomic mass is 35.5. The van der Waals surface area contributed by atoms with E-state index >= 15 is 0 Å². The van der Waals surface area contributed by atoms with Gasteiger partial charge in [-0.1, -0.05) is 34.8 Å². The molecule has 1 unspecified atom stereocenters. The lowest BCUT2D eigenvalue weighted by Gasteiger charge is -2.11. The predicted octanol–water partition coefficient (Wildman–Crippen LogP) is 3.96. The van der Waals surface area contributed by atoms with Gasteiger partial charge in [-0.15, -0.1) is 0 Å². The Morgan fingerprint density at radius 2 is 1.38 bits per heavy atom. The summed E-state index contributed by atoms with van der Waals surface area (Å²) in [7, 11) is -2.48. The zero-order valence-electron chi connectivity index (χ0n) is 14.7. The summed E-state index contributed by atoms with van der Waals surface area (Å²) in [6.45, 7) is 0. The van der Waals surface area contributed by atoms with Crippen LogP contribution in [0.3, 0.4) is 0 Å². The molecule has 3 rings (SSSR count). The average molecular weight is 473 g/mol. The van der Waals surface area contributed by atoms with Crippen molar-refractivity contribution in [1.82, 2.24) is 19.9 Å². The number of ether oxygens (including phenoxy) is 1. The second kappa shape index (κ2) is 10.3. The Morgan fingerprint density at radius 3 is 1.79 bits per heavy atom. The first-order valence-electron chi connectivity index (χ1n) is 7.67. The van der Waals surface area contributed by atoms with Gasteiger partial charge in [0.25, 0.3) is 0 Å². The molecule has 1 atom stereocenters. The summed E-state index contributed by atoms with van der Waals surface area (Å²) >= 11 is 16.6. The third kappa shape index (κ3) is 5.74. The summed E-state index contributed by atoms with van der Waals surface area (Å²) in [6.07, 6.45) is 5.57. The van der Waals surface area contributed by atoms with E-state index in [-0.39, 0.29) is 26.0 Å². The van der Waals surface area contributed by atoms with Gasteiger partial charge in [0.1, 0.15) is 11.4 Å². The largest absolute Gasteiger partial charge is 0.497 e. The summed E-state index contributed by atoms with van der Waals surface area (Å²) < 4.78 is 30.0. The minimum atomic E-state index is -3.96. The molecule has 0 saturated heterocycles. The SMILES string of the molecule is COc1ccc(S(=O)(=O)C(C#N)c2nccnc2Cl)cc1.Clc1nccnc1Cl. The smallest absolute Gasteiger partial charge is 0.200 e. The fourth-order valence-electron chi connectivity index (χ4n) is 1.99. The van der Waals surface area contributed by atoms with Gasteiger partial charge in [-0.3, -0.25) is 4.98 Å². The van der Waals surface area contributed by atoms with Crippen LogP contribution in [-0.2, 0) is 9.84 Å². The van der Waals surface area contributed by atoms with Crippen molar-refractivity contribution in [2.24, 2.45) is 0 Å². The van der Waals surface area contributed by atoms with Crippen molar-refractivity contribution in [1.29, 1.82) is 5.26 Å². The molecular weight excluding hydrogens is 461 g/mol. The second-order valence-corrected chi connectivity index (χ2v) is 8.21. The van der Waals surface area contributed by atoms with Gasteiger partial charge in [0.15, 0.2) is 20.7 Å². The first kappa shape index (κ1) is 22.8. The molecule has 150 valence electrons. The maximum atomic E-state index is 12.5. The number of methoxy groups -OCH3 is 1. The van der Waals surface area contributed by atoms with Crippen molar-refractivity contribution in [2.45, 2.75) is 10.1 Å². The Balaban J connectivity index is 0.000000313. The number of aromatic nitrogens is 4. The van der Waals surface area contributed by atoms with Gasteiger partial charge in [0, 0.05) is 24.8 Å². The Bertz CT molecular complexity index is 1100. The molecule has 0 bridgehead atoms. The van der Waals surface area contributed by atoms with Crippen LogP contribution in [0.25, 0.3) is 0 Å². The van der Waals surface area contributed by atoms with E-state index in [1.165, 1.54) is 56.2 Å². The summed E-state index contributed by atoms with van der Waals surface area (Å²) in [5.74, 6) is 0.514. The van der Waals surface area contributed by atoms with E-state index in [2.05, 4.69) is 19.9 Å². The van der Waals surface area contributed by atoms with Crippen molar-refractivity contribution in [3.8, 4) is 11.8 Å². The molecule has 0 fully saturated rings. The molecule has 1 aromatic carbocycles. The summed E-state index contributed by atoms with van der Waals surface area (Å²) in [4.78, 5) is 14.9. The maximum Gasteiger partial charge on any atom is 0.200 e. The van der Waals surface area contributed by atoms with Gasteiger partial charge in [-0.25, -0.2) is 23.4 Å². The molecule has 0 radical (unpaired) electrons. The van der Waals surface area contributed by atoms with Crippen LogP contribution in [0, 0.1) is 11.3 Å². The number of hydrogen-bond donors (Lipinski definition) is 0. The van der Waals surface area contributed by atoms with Gasteiger partial charge in [0.2, 0.25) is 9.84 Å². The molecule has 0 saturated carbocycles. The lowest BCUT2D eigenvalue weighted by molar-refractivity contribution is 0.414. The first-order chi connectivity index (χ1) is 13.8. The predicted molar refractivity (Wildman–Crippen MR) is 108 cm³/mol. The van der Waals surface area contributed by atoms with E-state index in [1.54, 1.807) is 6.07 Å². The van der Waals surface area contributed by atoms with Gasteiger partial charge < -0.3 is 4.74 Å². The lowest BCUT2D eigenvalue weighted by Crippen LogP contribution is -2.14. The molecule has 12 heteroatoms. The van der Waals surface area contributed by atoms with Crippen LogP contribution < -0.4 is 4.74 Å². The zero-order chi connectivity index (χ0) is 21.4. The molecular formula is C17H12Cl3N5O3S. The van der Waals surface area contributed by atoms with Crippen molar-refractivity contribution >= 4 is 44.6 Å². The molecule has 0 amide bonds. The third-order valence-electron chi connectivity index (χ3n) is 3.36. The molecule has 0 N–H and O–H groups in total. The minimum absolute atomic E-state index is 0.0171. The van der Waals surface area contributed by atoms with Gasteiger partial charge >= 0.3 is 0 Å². The minimum Gasteiger partial charge on any atom is -0.497 e. The van der Waals surface area contributed by atoms with Gasteiger partial charge in [-0.05, 0) is 24.3 Å². The summed E-state index contributed by atoms with van der Waals surface area (Å²) in [6, 6.07) is 7.45. The maximum absolute atomic E-state index is 12.5. The van der Waals surface area contributed by atoms with Crippen molar-refractivity contribution in [3.63, 3.8) is 0 Å². The molecule has 8 nitrogen and oxygen atoms in total. The van der Waals surface area contributed by atoms with Crippen LogP contribution in [-0.4, -0.2) is 35.5 Å². The Morgan fingerprint density at radius 1 is 0.897 bits per heavy atom. The highest BCUT2D eigenvalue weighted by Gasteiger charge is 2.32. The van der Waals surface area contributed by atoms with Crippen molar-refractivity contribution < 1.29 is 13.2 Å². The Kier molecular flexibility index (Phi) is 8.10. The highest BCUT2D eigenvalue weighted by molar-refractivity contribution is 7.92. The second-order valence-electron chi connectivity index (χ2n) is 5.10. The zero-order valence-corrected chi connectivity index (χ0v) is 17.8. The molecule has 0 aliphatic carbocycles. The number of nitriles is 1. The van der Waals surface area contributed by atoms with Gasteiger partial charge in [-0.2, -0.15) is 5.26 Å². The van der Waals surface area contributed by atoms with Crippen molar-refractivity contribution in [3.05, 3.63) is 70.2 Å². The van der Waals surface area contributed by atoms with E-state index in [9.17, 15) is 13.7 Å². The molecule has 2 heterocycles. The number of rotatable bonds is 4. The van der Waals surface area contributed by atoms with E-state index in [1.807, 2.05) is 0 Å². The fraction of sp³-hybridized carbons (Fsp3) is 0.118. The molecule has 0 aliphatic rings. The topological polar surface area (TPSA) is 119 Å². The average Bonchev–Trinajstić information content (AvgIpc) is 2.72. The molecule has 29 heavy (non-hydrogen) atoms. The monoisotopic (exact) mass is 471 g/mol. The van der Waals surface area contributed by atoms with Crippen LogP contribution in [0.1, 0.15) is 10.9 Å². The highest BCUT2D eigenvalue weighted by Crippen LogP contribution is 2.31.